The number of amides is 1. The van der Waals surface area contributed by atoms with E-state index in [1.165, 1.54) is 12.1 Å². The maximum Gasteiger partial charge on any atom is 0.255 e. The molecule has 0 bridgehead atoms. The van der Waals surface area contributed by atoms with Crippen molar-refractivity contribution in [1.29, 1.82) is 0 Å². The fourth-order valence-electron chi connectivity index (χ4n) is 3.51. The summed E-state index contributed by atoms with van der Waals surface area (Å²) in [5.74, 6) is -0.360. The lowest BCUT2D eigenvalue weighted by molar-refractivity contribution is 0.0897. The highest BCUT2D eigenvalue weighted by atomic mass is 19.1. The van der Waals surface area contributed by atoms with Gasteiger partial charge < -0.3 is 5.32 Å². The van der Waals surface area contributed by atoms with Crippen LogP contribution in [0.1, 0.15) is 54.2 Å². The van der Waals surface area contributed by atoms with E-state index >= 15 is 0 Å². The second-order valence-electron chi connectivity index (χ2n) is 6.21. The molecule has 1 aromatic heterocycles. The Hall–Kier alpha value is -2.17. The number of carbonyl (C=O) groups is 1. The van der Waals surface area contributed by atoms with E-state index in [1.54, 1.807) is 18.3 Å². The highest BCUT2D eigenvalue weighted by Crippen LogP contribution is 2.39. The fraction of sp³-hybridized carbons (Fsp3) is 0.444. The zero-order valence-corrected chi connectivity index (χ0v) is 13.6. The Balaban J connectivity index is 1.89. The average Bonchev–Trinajstić information content (AvgIpc) is 3.15. The molecule has 0 aliphatic heterocycles. The van der Waals surface area contributed by atoms with E-state index in [0.717, 1.165) is 43.5 Å². The van der Waals surface area contributed by atoms with Crippen molar-refractivity contribution in [2.75, 3.05) is 0 Å². The second-order valence-corrected chi connectivity index (χ2v) is 6.21. The van der Waals surface area contributed by atoms with E-state index in [4.69, 9.17) is 0 Å². The quantitative estimate of drug-likeness (QED) is 0.938. The molecule has 122 valence electrons. The van der Waals surface area contributed by atoms with Gasteiger partial charge in [0, 0.05) is 12.2 Å². The molecular formula is C18H22FN3O. The van der Waals surface area contributed by atoms with E-state index in [-0.39, 0.29) is 11.7 Å². The lowest BCUT2D eigenvalue weighted by Crippen LogP contribution is -2.44. The summed E-state index contributed by atoms with van der Waals surface area (Å²) in [6, 6.07) is 6.48. The van der Waals surface area contributed by atoms with Crippen molar-refractivity contribution in [2.45, 2.75) is 51.6 Å². The molecule has 5 heteroatoms. The predicted octanol–water partition coefficient (Wildman–Crippen LogP) is 3.55. The lowest BCUT2D eigenvalue weighted by Gasteiger charge is -2.31. The van der Waals surface area contributed by atoms with Gasteiger partial charge in [0.05, 0.1) is 17.3 Å². The van der Waals surface area contributed by atoms with Crippen LogP contribution in [0.2, 0.25) is 0 Å². The number of rotatable bonds is 4. The van der Waals surface area contributed by atoms with E-state index in [2.05, 4.69) is 10.4 Å². The minimum Gasteiger partial charge on any atom is -0.342 e. The summed E-state index contributed by atoms with van der Waals surface area (Å²) in [6.07, 6.45) is 5.51. The Kier molecular flexibility index (Phi) is 4.20. The lowest BCUT2D eigenvalue weighted by atomic mass is 9.87. The van der Waals surface area contributed by atoms with Crippen molar-refractivity contribution < 1.29 is 9.18 Å². The Labute approximate surface area is 135 Å². The molecule has 1 saturated carbocycles. The van der Waals surface area contributed by atoms with Crippen LogP contribution in [0.3, 0.4) is 0 Å². The zero-order valence-electron chi connectivity index (χ0n) is 13.6. The van der Waals surface area contributed by atoms with Crippen LogP contribution in [-0.4, -0.2) is 15.7 Å². The molecule has 1 heterocycles. The third kappa shape index (κ3) is 2.87. The first-order valence-electron chi connectivity index (χ1n) is 8.17. The number of aromatic nitrogens is 2. The van der Waals surface area contributed by atoms with Gasteiger partial charge in [0.15, 0.2) is 0 Å². The molecule has 1 aliphatic carbocycles. The molecule has 0 saturated heterocycles. The van der Waals surface area contributed by atoms with Gasteiger partial charge in [-0.1, -0.05) is 25.0 Å². The Morgan fingerprint density at radius 3 is 2.52 bits per heavy atom. The molecule has 2 aromatic rings. The molecule has 4 nitrogen and oxygen atoms in total. The molecular weight excluding hydrogens is 293 g/mol. The van der Waals surface area contributed by atoms with Crippen molar-refractivity contribution in [3.63, 3.8) is 0 Å². The predicted molar refractivity (Wildman–Crippen MR) is 86.7 cm³/mol. The van der Waals surface area contributed by atoms with Crippen LogP contribution in [0.4, 0.5) is 4.39 Å². The summed E-state index contributed by atoms with van der Waals surface area (Å²) in [7, 11) is 0. The van der Waals surface area contributed by atoms with Gasteiger partial charge >= 0.3 is 0 Å². The van der Waals surface area contributed by atoms with Gasteiger partial charge in [-0.25, -0.2) is 4.39 Å². The number of benzene rings is 1. The molecule has 0 atom stereocenters. The van der Waals surface area contributed by atoms with Gasteiger partial charge in [-0.15, -0.1) is 0 Å². The van der Waals surface area contributed by atoms with E-state index in [0.29, 0.717) is 5.56 Å². The molecule has 1 aliphatic rings. The number of nitrogens with one attached hydrogen (secondary N) is 1. The summed E-state index contributed by atoms with van der Waals surface area (Å²) < 4.78 is 15.0. The largest absolute Gasteiger partial charge is 0.342 e. The third-order valence-corrected chi connectivity index (χ3v) is 4.85. The number of aryl methyl sites for hydroxylation is 1. The third-order valence-electron chi connectivity index (χ3n) is 4.85. The topological polar surface area (TPSA) is 46.9 Å². The van der Waals surface area contributed by atoms with Gasteiger partial charge in [-0.05, 0) is 44.4 Å². The molecule has 0 spiro atoms. The van der Waals surface area contributed by atoms with Gasteiger partial charge in [-0.3, -0.25) is 9.48 Å². The summed E-state index contributed by atoms with van der Waals surface area (Å²) in [5.41, 5.74) is 2.06. The molecule has 3 rings (SSSR count). The SMILES string of the molecule is CCn1ncc(C(=O)NC2(c3ccc(F)cc3)CCCC2)c1C. The smallest absolute Gasteiger partial charge is 0.255 e. The van der Waals surface area contributed by atoms with Crippen molar-refractivity contribution in [3.05, 3.63) is 53.1 Å². The Morgan fingerprint density at radius 1 is 1.30 bits per heavy atom. The zero-order chi connectivity index (χ0) is 16.4. The summed E-state index contributed by atoms with van der Waals surface area (Å²) >= 11 is 0. The molecule has 0 radical (unpaired) electrons. The van der Waals surface area contributed by atoms with Crippen LogP contribution in [0.15, 0.2) is 30.5 Å². The van der Waals surface area contributed by atoms with E-state index < -0.39 is 5.54 Å². The van der Waals surface area contributed by atoms with Crippen molar-refractivity contribution in [1.82, 2.24) is 15.1 Å². The molecule has 1 N–H and O–H groups in total. The van der Waals surface area contributed by atoms with Crippen LogP contribution >= 0.6 is 0 Å². The summed E-state index contributed by atoms with van der Waals surface area (Å²) in [5, 5.41) is 7.45. The van der Waals surface area contributed by atoms with Crippen LogP contribution in [0.25, 0.3) is 0 Å². The molecule has 23 heavy (non-hydrogen) atoms. The second kappa shape index (κ2) is 6.14. The maximum atomic E-state index is 13.2. The number of carbonyl (C=O) groups excluding carboxylic acids is 1. The normalized spacial score (nSPS) is 16.5. The van der Waals surface area contributed by atoms with Gasteiger partial charge in [0.25, 0.3) is 5.91 Å². The minimum absolute atomic E-state index is 0.103. The first-order valence-corrected chi connectivity index (χ1v) is 8.17. The summed E-state index contributed by atoms with van der Waals surface area (Å²) in [6.45, 7) is 4.64. The van der Waals surface area contributed by atoms with Crippen LogP contribution < -0.4 is 5.32 Å². The Morgan fingerprint density at radius 2 is 1.96 bits per heavy atom. The molecule has 1 aromatic carbocycles. The van der Waals surface area contributed by atoms with E-state index in [9.17, 15) is 9.18 Å². The first-order chi connectivity index (χ1) is 11.1. The average molecular weight is 315 g/mol. The molecule has 0 unspecified atom stereocenters. The van der Waals surface area contributed by atoms with Crippen LogP contribution in [-0.2, 0) is 12.1 Å². The van der Waals surface area contributed by atoms with Gasteiger partial charge in [0.1, 0.15) is 5.82 Å². The number of hydrogen-bond acceptors (Lipinski definition) is 2. The highest BCUT2D eigenvalue weighted by molar-refractivity contribution is 5.95. The first kappa shape index (κ1) is 15.7. The highest BCUT2D eigenvalue weighted by Gasteiger charge is 2.37. The fourth-order valence-corrected chi connectivity index (χ4v) is 3.51. The standard InChI is InChI=1S/C18H22FN3O/c1-3-22-13(2)16(12-20-22)17(23)21-18(10-4-5-11-18)14-6-8-15(19)9-7-14/h6-9,12H,3-5,10-11H2,1-2H3,(H,21,23). The monoisotopic (exact) mass is 315 g/mol. The van der Waals surface area contributed by atoms with Crippen molar-refractivity contribution in [3.8, 4) is 0 Å². The Bertz CT molecular complexity index is 700. The van der Waals surface area contributed by atoms with Gasteiger partial charge in [-0.2, -0.15) is 5.10 Å². The number of halogens is 1. The van der Waals surface area contributed by atoms with Crippen molar-refractivity contribution >= 4 is 5.91 Å². The maximum absolute atomic E-state index is 13.2. The molecule has 1 amide bonds. The number of nitrogens with zero attached hydrogens (tertiary/aromatic N) is 2. The van der Waals surface area contributed by atoms with Crippen molar-refractivity contribution in [2.24, 2.45) is 0 Å². The minimum atomic E-state index is -0.397. The summed E-state index contributed by atoms with van der Waals surface area (Å²) in [4.78, 5) is 12.8. The number of hydrogen-bond donors (Lipinski definition) is 1. The molecule has 1 fully saturated rings. The van der Waals surface area contributed by atoms with E-state index in [1.807, 2.05) is 18.5 Å². The van der Waals surface area contributed by atoms with Crippen LogP contribution in [0, 0.1) is 12.7 Å². The van der Waals surface area contributed by atoms with Crippen LogP contribution in [0.5, 0.6) is 0 Å². The van der Waals surface area contributed by atoms with Gasteiger partial charge in [0.2, 0.25) is 0 Å².